The quantitative estimate of drug-likeness (QED) is 0.903. The third-order valence-corrected chi connectivity index (χ3v) is 5.95. The molecule has 120 valence electrons. The molecule has 22 heavy (non-hydrogen) atoms. The van der Waals surface area contributed by atoms with E-state index < -0.39 is 0 Å². The van der Waals surface area contributed by atoms with Crippen molar-refractivity contribution in [3.05, 3.63) is 29.8 Å². The molecule has 0 spiro atoms. The Morgan fingerprint density at radius 3 is 2.64 bits per heavy atom. The first-order valence-electron chi connectivity index (χ1n) is 8.43. The number of hydrogen-bond acceptors (Lipinski definition) is 2. The molecule has 3 heteroatoms. The molecule has 3 saturated carbocycles. The molecule has 3 fully saturated rings. The summed E-state index contributed by atoms with van der Waals surface area (Å²) >= 11 is 0. The molecule has 1 N–H and O–H groups in total. The van der Waals surface area contributed by atoms with Crippen molar-refractivity contribution in [2.75, 3.05) is 13.2 Å². The molecule has 3 atom stereocenters. The van der Waals surface area contributed by atoms with Gasteiger partial charge in [-0.3, -0.25) is 4.79 Å². The molecular formula is C19H27NO2. The topological polar surface area (TPSA) is 38.3 Å². The molecule has 3 unspecified atom stereocenters. The van der Waals surface area contributed by atoms with Gasteiger partial charge < -0.3 is 10.1 Å². The van der Waals surface area contributed by atoms with Gasteiger partial charge in [0.25, 0.3) is 5.91 Å². The van der Waals surface area contributed by atoms with Gasteiger partial charge in [-0.1, -0.05) is 31.5 Å². The number of ether oxygens (including phenoxy) is 1. The van der Waals surface area contributed by atoms with Crippen LogP contribution in [0.25, 0.3) is 0 Å². The zero-order chi connectivity index (χ0) is 15.7. The first-order chi connectivity index (χ1) is 10.5. The van der Waals surface area contributed by atoms with Crippen molar-refractivity contribution in [1.82, 2.24) is 5.32 Å². The predicted octanol–water partition coefficient (Wildman–Crippen LogP) is 3.56. The fourth-order valence-electron chi connectivity index (χ4n) is 4.29. The van der Waals surface area contributed by atoms with Gasteiger partial charge in [0.15, 0.2) is 6.61 Å². The number of hydrogen-bond donors (Lipinski definition) is 1. The number of amides is 1. The minimum Gasteiger partial charge on any atom is -0.484 e. The minimum atomic E-state index is -0.0140. The molecule has 0 saturated heterocycles. The van der Waals surface area contributed by atoms with Gasteiger partial charge in [0.1, 0.15) is 5.75 Å². The highest BCUT2D eigenvalue weighted by Crippen LogP contribution is 2.61. The van der Waals surface area contributed by atoms with Crippen molar-refractivity contribution in [2.45, 2.75) is 40.0 Å². The molecule has 3 nitrogen and oxygen atoms in total. The molecule has 3 aliphatic rings. The van der Waals surface area contributed by atoms with Crippen molar-refractivity contribution in [1.29, 1.82) is 0 Å². The Morgan fingerprint density at radius 2 is 2.00 bits per heavy atom. The van der Waals surface area contributed by atoms with Gasteiger partial charge in [0.2, 0.25) is 0 Å². The zero-order valence-corrected chi connectivity index (χ0v) is 13.9. The van der Waals surface area contributed by atoms with Crippen LogP contribution in [-0.4, -0.2) is 19.1 Å². The van der Waals surface area contributed by atoms with E-state index in [9.17, 15) is 4.79 Å². The lowest BCUT2D eigenvalue weighted by molar-refractivity contribution is -0.126. The normalized spacial score (nSPS) is 28.6. The average molecular weight is 301 g/mol. The number of rotatable bonds is 5. The van der Waals surface area contributed by atoms with Crippen molar-refractivity contribution in [3.8, 4) is 5.75 Å². The lowest BCUT2D eigenvalue weighted by atomic mass is 9.45. The van der Waals surface area contributed by atoms with Crippen molar-refractivity contribution < 1.29 is 9.53 Å². The highest BCUT2D eigenvalue weighted by molar-refractivity contribution is 5.77. The summed E-state index contributed by atoms with van der Waals surface area (Å²) in [5.41, 5.74) is 1.67. The molecule has 3 aliphatic carbocycles. The van der Waals surface area contributed by atoms with E-state index >= 15 is 0 Å². The first kappa shape index (κ1) is 15.4. The van der Waals surface area contributed by atoms with Gasteiger partial charge in [0, 0.05) is 6.54 Å². The number of benzene rings is 1. The monoisotopic (exact) mass is 301 g/mol. The van der Waals surface area contributed by atoms with E-state index in [0.29, 0.717) is 11.3 Å². The van der Waals surface area contributed by atoms with Crippen molar-refractivity contribution in [3.63, 3.8) is 0 Å². The van der Waals surface area contributed by atoms with Crippen LogP contribution in [0.2, 0.25) is 0 Å². The molecular weight excluding hydrogens is 274 g/mol. The Hall–Kier alpha value is -1.51. The van der Waals surface area contributed by atoms with Gasteiger partial charge in [0.05, 0.1) is 0 Å². The summed E-state index contributed by atoms with van der Waals surface area (Å²) in [5, 5.41) is 3.06. The van der Waals surface area contributed by atoms with E-state index in [1.165, 1.54) is 24.8 Å². The van der Waals surface area contributed by atoms with E-state index in [-0.39, 0.29) is 12.5 Å². The van der Waals surface area contributed by atoms with Gasteiger partial charge in [-0.2, -0.15) is 0 Å². The summed E-state index contributed by atoms with van der Waals surface area (Å²) in [6.07, 6.45) is 3.94. The third-order valence-electron chi connectivity index (χ3n) is 5.95. The second-order valence-corrected chi connectivity index (χ2v) is 7.60. The van der Waals surface area contributed by atoms with Gasteiger partial charge in [-0.25, -0.2) is 0 Å². The minimum absolute atomic E-state index is 0.0140. The van der Waals surface area contributed by atoms with Crippen LogP contribution >= 0.6 is 0 Å². The van der Waals surface area contributed by atoms with Crippen LogP contribution in [0.3, 0.4) is 0 Å². The van der Waals surface area contributed by atoms with E-state index in [1.54, 1.807) is 0 Å². The standard InChI is InChI=1S/C19H27NO2/c1-13-4-8-16(9-5-13)22-12-18(21)20-11-14-6-7-15-10-17(14)19(15,2)3/h4-5,8-9,14-15,17H,6-7,10-12H2,1-3H3,(H,20,21). The summed E-state index contributed by atoms with van der Waals surface area (Å²) in [6, 6.07) is 7.79. The maximum atomic E-state index is 12.0. The van der Waals surface area contributed by atoms with E-state index in [4.69, 9.17) is 4.74 Å². The SMILES string of the molecule is Cc1ccc(OCC(=O)NCC2CCC3CC2C3(C)C)cc1. The second kappa shape index (κ2) is 5.94. The van der Waals surface area contributed by atoms with E-state index in [1.807, 2.05) is 31.2 Å². The molecule has 4 rings (SSSR count). The molecule has 2 bridgehead atoms. The molecule has 0 radical (unpaired) electrons. The Kier molecular flexibility index (Phi) is 4.16. The fraction of sp³-hybridized carbons (Fsp3) is 0.632. The molecule has 0 heterocycles. The van der Waals surface area contributed by atoms with Gasteiger partial charge in [-0.05, 0) is 61.5 Å². The Bertz CT molecular complexity index is 533. The van der Waals surface area contributed by atoms with Gasteiger partial charge >= 0.3 is 0 Å². The van der Waals surface area contributed by atoms with E-state index in [2.05, 4.69) is 19.2 Å². The van der Waals surface area contributed by atoms with Crippen LogP contribution in [0.4, 0.5) is 0 Å². The predicted molar refractivity (Wildman–Crippen MR) is 87.8 cm³/mol. The average Bonchev–Trinajstić information content (AvgIpc) is 2.52. The molecule has 1 aromatic rings. The summed E-state index contributed by atoms with van der Waals surface area (Å²) in [4.78, 5) is 12.0. The number of fused-ring (bicyclic) bond motifs is 2. The molecule has 0 aliphatic heterocycles. The van der Waals surface area contributed by atoms with Crippen LogP contribution in [0.5, 0.6) is 5.75 Å². The van der Waals surface area contributed by atoms with E-state index in [0.717, 1.165) is 24.1 Å². The number of aryl methyl sites for hydroxylation is 1. The molecule has 1 amide bonds. The number of carbonyl (C=O) groups excluding carboxylic acids is 1. The van der Waals surface area contributed by atoms with Crippen molar-refractivity contribution in [2.24, 2.45) is 23.2 Å². The third kappa shape index (κ3) is 2.99. The van der Waals surface area contributed by atoms with Gasteiger partial charge in [-0.15, -0.1) is 0 Å². The summed E-state index contributed by atoms with van der Waals surface area (Å²) < 4.78 is 5.53. The Morgan fingerprint density at radius 1 is 1.27 bits per heavy atom. The maximum absolute atomic E-state index is 12.0. The summed E-state index contributed by atoms with van der Waals surface area (Å²) in [5.74, 6) is 3.07. The largest absolute Gasteiger partial charge is 0.484 e. The van der Waals surface area contributed by atoms with Crippen LogP contribution in [0, 0.1) is 30.1 Å². The lowest BCUT2D eigenvalue weighted by Crippen LogP contribution is -2.54. The summed E-state index contributed by atoms with van der Waals surface area (Å²) in [6.45, 7) is 7.72. The summed E-state index contributed by atoms with van der Waals surface area (Å²) in [7, 11) is 0. The lowest BCUT2D eigenvalue weighted by Gasteiger charge is -2.60. The van der Waals surface area contributed by atoms with Crippen LogP contribution in [0.15, 0.2) is 24.3 Å². The van der Waals surface area contributed by atoms with Crippen LogP contribution in [-0.2, 0) is 4.79 Å². The van der Waals surface area contributed by atoms with Crippen molar-refractivity contribution >= 4 is 5.91 Å². The molecule has 1 aromatic carbocycles. The fourth-order valence-corrected chi connectivity index (χ4v) is 4.29. The smallest absolute Gasteiger partial charge is 0.257 e. The highest BCUT2D eigenvalue weighted by atomic mass is 16.5. The van der Waals surface area contributed by atoms with Crippen LogP contribution < -0.4 is 10.1 Å². The second-order valence-electron chi connectivity index (χ2n) is 7.60. The molecule has 0 aromatic heterocycles. The zero-order valence-electron chi connectivity index (χ0n) is 13.9. The number of nitrogens with one attached hydrogen (secondary N) is 1. The number of carbonyl (C=O) groups is 1. The maximum Gasteiger partial charge on any atom is 0.257 e. The highest BCUT2D eigenvalue weighted by Gasteiger charge is 2.53. The first-order valence-corrected chi connectivity index (χ1v) is 8.43. The van der Waals surface area contributed by atoms with Crippen LogP contribution in [0.1, 0.15) is 38.7 Å². The Labute approximate surface area is 133 Å². The Balaban J connectivity index is 1.42.